The second-order valence-corrected chi connectivity index (χ2v) is 5.93. The molecule has 0 amide bonds. The number of aromatic nitrogens is 3. The summed E-state index contributed by atoms with van der Waals surface area (Å²) in [5.74, 6) is 0.316. The average molecular weight is 322 g/mol. The molecule has 3 rings (SSSR count). The predicted octanol–water partition coefficient (Wildman–Crippen LogP) is 2.73. The number of hydrogen-bond acceptors (Lipinski definition) is 4. The van der Waals surface area contributed by atoms with Crippen molar-refractivity contribution in [1.29, 1.82) is 0 Å². The quantitative estimate of drug-likeness (QED) is 0.794. The van der Waals surface area contributed by atoms with Crippen LogP contribution in [0.5, 0.6) is 5.88 Å². The second-order valence-electron chi connectivity index (χ2n) is 5.93. The maximum Gasteiger partial charge on any atom is 0.516 e. The summed E-state index contributed by atoms with van der Waals surface area (Å²) in [4.78, 5) is 11.8. The zero-order chi connectivity index (χ0) is 16.6. The largest absolute Gasteiger partial charge is 0.516 e. The maximum atomic E-state index is 13.0. The SMILES string of the molecule is Cc1ccc([C@H]2C[C@@H]2COc2nc(C)ncc2[B-](F)(F)F)nc1. The van der Waals surface area contributed by atoms with E-state index in [1.165, 1.54) is 6.92 Å². The first-order chi connectivity index (χ1) is 10.8. The van der Waals surface area contributed by atoms with Crippen LogP contribution in [-0.4, -0.2) is 28.5 Å². The molecule has 2 aromatic rings. The van der Waals surface area contributed by atoms with E-state index in [0.717, 1.165) is 23.9 Å². The first kappa shape index (κ1) is 15.8. The Morgan fingerprint density at radius 2 is 1.96 bits per heavy atom. The van der Waals surface area contributed by atoms with Crippen LogP contribution < -0.4 is 10.2 Å². The minimum Gasteiger partial charge on any atom is -0.479 e. The molecule has 0 unspecified atom stereocenters. The minimum absolute atomic E-state index is 0.175. The summed E-state index contributed by atoms with van der Waals surface area (Å²) in [7, 11) is 0. The Kier molecular flexibility index (Phi) is 4.00. The van der Waals surface area contributed by atoms with Gasteiger partial charge in [0, 0.05) is 29.9 Å². The van der Waals surface area contributed by atoms with Gasteiger partial charge in [-0.1, -0.05) is 6.07 Å². The molecule has 122 valence electrons. The van der Waals surface area contributed by atoms with Crippen LogP contribution in [-0.2, 0) is 0 Å². The van der Waals surface area contributed by atoms with E-state index in [9.17, 15) is 12.9 Å². The van der Waals surface area contributed by atoms with Gasteiger partial charge in [-0.15, -0.1) is 0 Å². The zero-order valence-corrected chi connectivity index (χ0v) is 12.8. The standard InChI is InChI=1S/C15H16BF3N3O/c1-9-3-4-14(21-6-9)12-5-11(12)8-23-15-13(16(17,18)19)7-20-10(2)22-15/h3-4,6-7,11-12H,5,8H2,1-2H3/q-1/t11-,12+/m1/s1. The lowest BCUT2D eigenvalue weighted by molar-refractivity contribution is 0.285. The molecule has 0 aliphatic heterocycles. The van der Waals surface area contributed by atoms with Gasteiger partial charge >= 0.3 is 6.98 Å². The molecule has 1 fully saturated rings. The molecule has 0 spiro atoms. The topological polar surface area (TPSA) is 47.9 Å². The molecule has 2 atom stereocenters. The van der Waals surface area contributed by atoms with Crippen LogP contribution in [0.1, 0.15) is 29.4 Å². The highest BCUT2D eigenvalue weighted by atomic mass is 19.4. The molecule has 0 saturated heterocycles. The number of hydrogen-bond donors (Lipinski definition) is 0. The molecule has 0 aromatic carbocycles. The maximum absolute atomic E-state index is 13.0. The lowest BCUT2D eigenvalue weighted by atomic mass is 9.82. The van der Waals surface area contributed by atoms with Gasteiger partial charge in [-0.25, -0.2) is 9.97 Å². The van der Waals surface area contributed by atoms with E-state index in [1.807, 2.05) is 19.1 Å². The summed E-state index contributed by atoms with van der Waals surface area (Å²) in [5.41, 5.74) is 1.17. The number of rotatable bonds is 5. The van der Waals surface area contributed by atoms with Crippen LogP contribution in [0.4, 0.5) is 12.9 Å². The normalized spacial score (nSPS) is 20.4. The van der Waals surface area contributed by atoms with Crippen LogP contribution in [0.25, 0.3) is 0 Å². The lowest BCUT2D eigenvalue weighted by Crippen LogP contribution is -2.37. The van der Waals surface area contributed by atoms with Crippen LogP contribution in [0.2, 0.25) is 0 Å². The predicted molar refractivity (Wildman–Crippen MR) is 80.8 cm³/mol. The van der Waals surface area contributed by atoms with Crippen molar-refractivity contribution in [2.24, 2.45) is 5.92 Å². The molecule has 1 aliphatic rings. The smallest absolute Gasteiger partial charge is 0.479 e. The second kappa shape index (κ2) is 5.83. The van der Waals surface area contributed by atoms with Gasteiger partial charge in [-0.2, -0.15) is 0 Å². The molecule has 0 N–H and O–H groups in total. The minimum atomic E-state index is -5.19. The van der Waals surface area contributed by atoms with Gasteiger partial charge in [0.25, 0.3) is 0 Å². The van der Waals surface area contributed by atoms with Gasteiger partial charge in [0.2, 0.25) is 0 Å². The van der Waals surface area contributed by atoms with Crippen molar-refractivity contribution >= 4 is 12.4 Å². The molecule has 8 heteroatoms. The summed E-state index contributed by atoms with van der Waals surface area (Å²) in [5, 5.41) is 0. The number of nitrogens with zero attached hydrogens (tertiary/aromatic N) is 3. The molecular formula is C15H16BF3N3O-. The summed E-state index contributed by atoms with van der Waals surface area (Å²) in [6, 6.07) is 3.94. The fraction of sp³-hybridized carbons (Fsp3) is 0.400. The van der Waals surface area contributed by atoms with Crippen molar-refractivity contribution in [2.75, 3.05) is 6.61 Å². The molecule has 23 heavy (non-hydrogen) atoms. The van der Waals surface area contributed by atoms with Crippen molar-refractivity contribution < 1.29 is 17.7 Å². The third-order valence-electron chi connectivity index (χ3n) is 3.92. The molecule has 2 heterocycles. The Labute approximate surface area is 132 Å². The first-order valence-electron chi connectivity index (χ1n) is 7.43. The van der Waals surface area contributed by atoms with Gasteiger partial charge in [-0.05, 0) is 37.4 Å². The van der Waals surface area contributed by atoms with E-state index < -0.39 is 12.4 Å². The van der Waals surface area contributed by atoms with E-state index in [4.69, 9.17) is 4.74 Å². The Morgan fingerprint density at radius 1 is 1.17 bits per heavy atom. The first-order valence-corrected chi connectivity index (χ1v) is 7.43. The zero-order valence-electron chi connectivity index (χ0n) is 12.8. The molecule has 0 bridgehead atoms. The number of halogens is 3. The van der Waals surface area contributed by atoms with E-state index in [0.29, 0.717) is 0 Å². The molecule has 4 nitrogen and oxygen atoms in total. The van der Waals surface area contributed by atoms with Gasteiger partial charge in [-0.3, -0.25) is 4.98 Å². The van der Waals surface area contributed by atoms with E-state index >= 15 is 0 Å². The Hall–Kier alpha value is -2.12. The van der Waals surface area contributed by atoms with Crippen LogP contribution in [0, 0.1) is 19.8 Å². The van der Waals surface area contributed by atoms with E-state index in [2.05, 4.69) is 15.0 Å². The van der Waals surface area contributed by atoms with E-state index in [-0.39, 0.29) is 30.1 Å². The molecule has 1 saturated carbocycles. The van der Waals surface area contributed by atoms with Crippen molar-refractivity contribution in [3.63, 3.8) is 0 Å². The van der Waals surface area contributed by atoms with Crippen molar-refractivity contribution in [2.45, 2.75) is 26.2 Å². The lowest BCUT2D eigenvalue weighted by Gasteiger charge is -2.18. The molecule has 2 aromatic heterocycles. The molecule has 1 aliphatic carbocycles. The third-order valence-corrected chi connectivity index (χ3v) is 3.92. The monoisotopic (exact) mass is 322 g/mol. The van der Waals surface area contributed by atoms with Crippen LogP contribution in [0.3, 0.4) is 0 Å². The van der Waals surface area contributed by atoms with Gasteiger partial charge in [0.05, 0.1) is 6.61 Å². The Morgan fingerprint density at radius 3 is 2.61 bits per heavy atom. The highest BCUT2D eigenvalue weighted by molar-refractivity contribution is 6.74. The number of ether oxygens (including phenoxy) is 1. The summed E-state index contributed by atoms with van der Waals surface area (Å²) >= 11 is 0. The molecular weight excluding hydrogens is 306 g/mol. The van der Waals surface area contributed by atoms with E-state index in [1.54, 1.807) is 6.20 Å². The van der Waals surface area contributed by atoms with Gasteiger partial charge in [0.1, 0.15) is 5.82 Å². The highest BCUT2D eigenvalue weighted by Gasteiger charge is 2.40. The average Bonchev–Trinajstić information content (AvgIpc) is 3.24. The fourth-order valence-corrected chi connectivity index (χ4v) is 2.48. The summed E-state index contributed by atoms with van der Waals surface area (Å²) in [6.45, 7) is -1.49. The summed E-state index contributed by atoms with van der Waals surface area (Å²) in [6.07, 6.45) is 3.46. The number of aryl methyl sites for hydroxylation is 2. The van der Waals surface area contributed by atoms with Gasteiger partial charge in [0.15, 0.2) is 5.88 Å². The van der Waals surface area contributed by atoms with Crippen molar-refractivity contribution in [3.8, 4) is 5.88 Å². The summed E-state index contributed by atoms with van der Waals surface area (Å²) < 4.78 is 44.3. The van der Waals surface area contributed by atoms with Gasteiger partial charge < -0.3 is 17.7 Å². The van der Waals surface area contributed by atoms with Crippen molar-refractivity contribution in [1.82, 2.24) is 15.0 Å². The highest BCUT2D eigenvalue weighted by Crippen LogP contribution is 2.46. The molecule has 0 radical (unpaired) electrons. The van der Waals surface area contributed by atoms with Crippen LogP contribution in [0.15, 0.2) is 24.5 Å². The van der Waals surface area contributed by atoms with Crippen molar-refractivity contribution in [3.05, 3.63) is 41.6 Å². The third kappa shape index (κ3) is 3.63. The Bertz CT molecular complexity index is 706. The fourth-order valence-electron chi connectivity index (χ4n) is 2.48. The van der Waals surface area contributed by atoms with Crippen LogP contribution >= 0.6 is 0 Å². The number of pyridine rings is 1. The Balaban J connectivity index is 1.66.